The van der Waals surface area contributed by atoms with Gasteiger partial charge in [0.2, 0.25) is 5.56 Å². The lowest BCUT2D eigenvalue weighted by Crippen LogP contribution is -2.01. The number of imidazole rings is 1. The molecule has 8 heteroatoms. The topological polar surface area (TPSA) is 108 Å². The smallest absolute Gasteiger partial charge is 0.336 e. The molecule has 0 fully saturated rings. The van der Waals surface area contributed by atoms with Crippen LogP contribution in [0, 0.1) is 6.92 Å². The summed E-state index contributed by atoms with van der Waals surface area (Å²) in [6, 6.07) is 17.6. The number of hydrogen-bond donors (Lipinski definition) is 3. The highest BCUT2D eigenvalue weighted by Gasteiger charge is 2.13. The van der Waals surface area contributed by atoms with Gasteiger partial charge in [-0.2, -0.15) is 4.98 Å². The number of carboxylic acids is 1. The van der Waals surface area contributed by atoms with Gasteiger partial charge in [-0.25, -0.2) is 4.79 Å². The van der Waals surface area contributed by atoms with E-state index in [4.69, 9.17) is 16.3 Å². The largest absolute Gasteiger partial charge is 0.478 e. The van der Waals surface area contributed by atoms with Crippen molar-refractivity contribution >= 4 is 39.5 Å². The van der Waals surface area contributed by atoms with E-state index in [1.807, 2.05) is 24.3 Å². The molecule has 0 bridgehead atoms. The van der Waals surface area contributed by atoms with E-state index in [0.717, 1.165) is 22.0 Å². The van der Waals surface area contributed by atoms with Crippen LogP contribution in [0.15, 0.2) is 65.5 Å². The van der Waals surface area contributed by atoms with Gasteiger partial charge in [0.15, 0.2) is 0 Å². The number of aryl methyl sites for hydroxylation is 1. The monoisotopic (exact) mass is 445 g/mol. The number of nitrogens with one attached hydrogen (secondary N) is 2. The van der Waals surface area contributed by atoms with Crippen LogP contribution in [0.3, 0.4) is 0 Å². The Bertz CT molecular complexity index is 1590. The van der Waals surface area contributed by atoms with E-state index in [9.17, 15) is 14.7 Å². The number of fused-ring (bicyclic) bond motifs is 2. The zero-order valence-corrected chi connectivity index (χ0v) is 17.5. The van der Waals surface area contributed by atoms with Crippen LogP contribution in [0.1, 0.15) is 15.9 Å². The highest BCUT2D eigenvalue weighted by molar-refractivity contribution is 6.34. The number of pyridine rings is 1. The number of aromatic nitrogens is 3. The highest BCUT2D eigenvalue weighted by Crippen LogP contribution is 2.34. The Hall–Kier alpha value is -4.10. The molecule has 0 aliphatic rings. The van der Waals surface area contributed by atoms with Gasteiger partial charge < -0.3 is 19.8 Å². The molecule has 2 heterocycles. The summed E-state index contributed by atoms with van der Waals surface area (Å²) in [5, 5.41) is 10.7. The molecule has 0 aliphatic carbocycles. The van der Waals surface area contributed by atoms with Gasteiger partial charge >= 0.3 is 5.97 Å². The summed E-state index contributed by atoms with van der Waals surface area (Å²) in [7, 11) is 0. The summed E-state index contributed by atoms with van der Waals surface area (Å²) in [6.07, 6.45) is 0. The number of H-pyrrole nitrogens is 2. The Kier molecular flexibility index (Phi) is 4.68. The van der Waals surface area contributed by atoms with Gasteiger partial charge in [-0.15, -0.1) is 0 Å². The van der Waals surface area contributed by atoms with Crippen LogP contribution in [0.25, 0.3) is 33.1 Å². The molecule has 0 spiro atoms. The average Bonchev–Trinajstić information content (AvgIpc) is 3.15. The summed E-state index contributed by atoms with van der Waals surface area (Å²) in [5.41, 5.74) is 4.40. The second-order valence-corrected chi connectivity index (χ2v) is 7.81. The van der Waals surface area contributed by atoms with Crippen LogP contribution in [0.5, 0.6) is 11.8 Å². The molecule has 3 aromatic carbocycles. The van der Waals surface area contributed by atoms with Crippen molar-refractivity contribution in [2.24, 2.45) is 0 Å². The van der Waals surface area contributed by atoms with Crippen LogP contribution >= 0.6 is 11.6 Å². The maximum atomic E-state index is 11.5. The van der Waals surface area contributed by atoms with Crippen LogP contribution in [-0.4, -0.2) is 26.0 Å². The van der Waals surface area contributed by atoms with Crippen LogP contribution in [0.4, 0.5) is 0 Å². The van der Waals surface area contributed by atoms with E-state index in [1.165, 1.54) is 12.1 Å². The molecule has 32 heavy (non-hydrogen) atoms. The zero-order chi connectivity index (χ0) is 22.4. The van der Waals surface area contributed by atoms with Crippen molar-refractivity contribution < 1.29 is 14.6 Å². The first kappa shape index (κ1) is 19.8. The number of halogens is 1. The molecular formula is C24H16ClN3O4. The highest BCUT2D eigenvalue weighted by atomic mass is 35.5. The average molecular weight is 446 g/mol. The first-order chi connectivity index (χ1) is 15.4. The first-order valence-electron chi connectivity index (χ1n) is 9.72. The number of carboxylic acid groups (broad SMARTS) is 1. The van der Waals surface area contributed by atoms with Crippen molar-refractivity contribution in [1.82, 2.24) is 15.0 Å². The summed E-state index contributed by atoms with van der Waals surface area (Å²) < 4.78 is 5.76. The second-order valence-electron chi connectivity index (χ2n) is 7.40. The van der Waals surface area contributed by atoms with Crippen molar-refractivity contribution in [2.45, 2.75) is 6.92 Å². The molecule has 2 aromatic heterocycles. The first-order valence-corrected chi connectivity index (χ1v) is 10.1. The van der Waals surface area contributed by atoms with Crippen molar-refractivity contribution in [2.75, 3.05) is 0 Å². The lowest BCUT2D eigenvalue weighted by atomic mass is 10.0. The van der Waals surface area contributed by atoms with Gasteiger partial charge in [0.05, 0.1) is 21.6 Å². The Morgan fingerprint density at radius 3 is 2.66 bits per heavy atom. The number of benzene rings is 3. The van der Waals surface area contributed by atoms with Gasteiger partial charge in [0.1, 0.15) is 5.75 Å². The number of ether oxygens (including phenoxy) is 1. The van der Waals surface area contributed by atoms with Gasteiger partial charge in [0.25, 0.3) is 6.01 Å². The summed E-state index contributed by atoms with van der Waals surface area (Å²) >= 11 is 6.54. The molecule has 0 radical (unpaired) electrons. The lowest BCUT2D eigenvalue weighted by molar-refractivity contribution is 0.0695. The van der Waals surface area contributed by atoms with Gasteiger partial charge in [-0.3, -0.25) is 4.79 Å². The van der Waals surface area contributed by atoms with Crippen LogP contribution in [0.2, 0.25) is 5.02 Å². The van der Waals surface area contributed by atoms with Crippen LogP contribution < -0.4 is 10.3 Å². The molecule has 3 N–H and O–H groups in total. The molecule has 158 valence electrons. The minimum atomic E-state index is -1.02. The SMILES string of the molecule is Cc1ccc(Oc2nc3cc(-c4ccc5[nH]c(=O)ccc5c4)c(Cl)cc3[nH]2)cc1C(=O)O. The number of hydrogen-bond acceptors (Lipinski definition) is 4. The van der Waals surface area contributed by atoms with Gasteiger partial charge in [-0.05, 0) is 65.9 Å². The maximum absolute atomic E-state index is 11.5. The number of nitrogens with zero attached hydrogens (tertiary/aromatic N) is 1. The standard InChI is InChI=1S/C24H16ClN3O4/c1-12-2-5-15(9-16(12)23(30)31)32-24-27-20-10-17(18(25)11-21(20)28-24)13-3-6-19-14(8-13)4-7-22(29)26-19/h2-11H,1H3,(H,26,29)(H,27,28)(H,30,31). The fourth-order valence-corrected chi connectivity index (χ4v) is 3.88. The maximum Gasteiger partial charge on any atom is 0.336 e. The summed E-state index contributed by atoms with van der Waals surface area (Å²) in [6.45, 7) is 1.72. The molecule has 7 nitrogen and oxygen atoms in total. The Balaban J connectivity index is 1.52. The molecule has 0 aliphatic heterocycles. The third kappa shape index (κ3) is 3.59. The van der Waals surface area contributed by atoms with E-state index in [-0.39, 0.29) is 17.1 Å². The Morgan fingerprint density at radius 1 is 1.00 bits per heavy atom. The quantitative estimate of drug-likeness (QED) is 0.337. The number of aromatic amines is 2. The van der Waals surface area contributed by atoms with Gasteiger partial charge in [-0.1, -0.05) is 23.7 Å². The van der Waals surface area contributed by atoms with E-state index < -0.39 is 5.97 Å². The third-order valence-electron chi connectivity index (χ3n) is 5.24. The van der Waals surface area contributed by atoms with Gasteiger partial charge in [0, 0.05) is 17.1 Å². The molecule has 0 saturated heterocycles. The fourth-order valence-electron chi connectivity index (χ4n) is 3.61. The molecule has 0 amide bonds. The minimum absolute atomic E-state index is 0.155. The molecule has 0 unspecified atom stereocenters. The predicted octanol–water partition coefficient (Wildman–Crippen LogP) is 5.52. The van der Waals surface area contributed by atoms with Crippen molar-refractivity contribution in [3.05, 3.63) is 87.2 Å². The molecular weight excluding hydrogens is 430 g/mol. The minimum Gasteiger partial charge on any atom is -0.478 e. The van der Waals surface area contributed by atoms with Crippen LogP contribution in [-0.2, 0) is 0 Å². The summed E-state index contributed by atoms with van der Waals surface area (Å²) in [5.74, 6) is -0.657. The van der Waals surface area contributed by atoms with E-state index >= 15 is 0 Å². The zero-order valence-electron chi connectivity index (χ0n) is 16.8. The molecule has 5 rings (SSSR count). The van der Waals surface area contributed by atoms with E-state index in [2.05, 4.69) is 15.0 Å². The number of carbonyl (C=O) groups is 1. The molecule has 0 atom stereocenters. The Morgan fingerprint density at radius 2 is 1.84 bits per heavy atom. The molecule has 5 aromatic rings. The number of rotatable bonds is 4. The molecule has 0 saturated carbocycles. The summed E-state index contributed by atoms with van der Waals surface area (Å²) in [4.78, 5) is 33.2. The second kappa shape index (κ2) is 7.55. The third-order valence-corrected chi connectivity index (χ3v) is 5.55. The normalized spacial score (nSPS) is 11.2. The predicted molar refractivity (Wildman–Crippen MR) is 123 cm³/mol. The lowest BCUT2D eigenvalue weighted by Gasteiger charge is -2.06. The number of aromatic carboxylic acids is 1. The van der Waals surface area contributed by atoms with Crippen molar-refractivity contribution in [3.63, 3.8) is 0 Å². The van der Waals surface area contributed by atoms with E-state index in [0.29, 0.717) is 27.4 Å². The van der Waals surface area contributed by atoms with Crippen molar-refractivity contribution in [3.8, 4) is 22.9 Å². The fraction of sp³-hybridized carbons (Fsp3) is 0.0417. The van der Waals surface area contributed by atoms with E-state index in [1.54, 1.807) is 31.2 Å². The Labute approximate surface area is 186 Å². The van der Waals surface area contributed by atoms with Crippen molar-refractivity contribution in [1.29, 1.82) is 0 Å².